The molecule has 0 spiro atoms. The second kappa shape index (κ2) is 8.56. The molecule has 2 unspecified atom stereocenters. The van der Waals surface area contributed by atoms with Gasteiger partial charge in [0, 0.05) is 13.2 Å². The maximum atomic E-state index is 5.64. The van der Waals surface area contributed by atoms with E-state index in [1.54, 1.807) is 7.11 Å². The molecule has 1 N–H and O–H groups in total. The number of halogens is 1. The summed E-state index contributed by atoms with van der Waals surface area (Å²) in [4.78, 5) is 0. The van der Waals surface area contributed by atoms with Crippen LogP contribution in [0.15, 0.2) is 22.7 Å². The zero-order valence-corrected chi connectivity index (χ0v) is 13.8. The van der Waals surface area contributed by atoms with Gasteiger partial charge in [-0.05, 0) is 46.6 Å². The molecule has 3 nitrogen and oxygen atoms in total. The molecule has 4 heteroatoms. The number of benzene rings is 1. The van der Waals surface area contributed by atoms with Crippen LogP contribution in [0.4, 0.5) is 0 Å². The van der Waals surface area contributed by atoms with Gasteiger partial charge in [-0.25, -0.2) is 0 Å². The predicted octanol–water partition coefficient (Wildman–Crippen LogP) is 3.78. The zero-order chi connectivity index (χ0) is 14.3. The van der Waals surface area contributed by atoms with Crippen LogP contribution < -0.4 is 10.1 Å². The number of nitrogens with one attached hydrogen (secondary N) is 1. The molecule has 0 heterocycles. The average Bonchev–Trinajstić information content (AvgIpc) is 2.42. The molecular weight excluding hydrogens is 306 g/mol. The number of hydrogen-bond donors (Lipinski definition) is 1. The molecule has 0 saturated carbocycles. The van der Waals surface area contributed by atoms with Gasteiger partial charge in [-0.15, -0.1) is 0 Å². The van der Waals surface area contributed by atoms with Crippen LogP contribution in [0.1, 0.15) is 31.9 Å². The van der Waals surface area contributed by atoms with E-state index in [4.69, 9.17) is 9.47 Å². The largest absolute Gasteiger partial charge is 0.490 e. The molecule has 0 amide bonds. The SMILES string of the molecule is CCC(C)C(NC)c1ccc(OCCOC)c(Br)c1. The second-order valence-corrected chi connectivity index (χ2v) is 5.54. The Morgan fingerprint density at radius 2 is 2.05 bits per heavy atom. The third-order valence-electron chi connectivity index (χ3n) is 3.38. The Kier molecular flexibility index (Phi) is 7.42. The van der Waals surface area contributed by atoms with Crippen molar-refractivity contribution in [2.45, 2.75) is 26.3 Å². The van der Waals surface area contributed by atoms with Gasteiger partial charge in [0.15, 0.2) is 0 Å². The normalized spacial score (nSPS) is 14.2. The number of hydrogen-bond acceptors (Lipinski definition) is 3. The van der Waals surface area contributed by atoms with E-state index in [0.717, 1.165) is 16.6 Å². The van der Waals surface area contributed by atoms with Gasteiger partial charge in [0.2, 0.25) is 0 Å². The van der Waals surface area contributed by atoms with Crippen LogP contribution in [-0.2, 0) is 4.74 Å². The highest BCUT2D eigenvalue weighted by Crippen LogP contribution is 2.31. The summed E-state index contributed by atoms with van der Waals surface area (Å²) in [6, 6.07) is 6.65. The van der Waals surface area contributed by atoms with E-state index in [1.807, 2.05) is 13.1 Å². The molecule has 0 aromatic heterocycles. The van der Waals surface area contributed by atoms with Crippen molar-refractivity contribution in [3.63, 3.8) is 0 Å². The molecular formula is C15H24BrNO2. The third kappa shape index (κ3) is 4.79. The summed E-state index contributed by atoms with van der Waals surface area (Å²) >= 11 is 3.57. The van der Waals surface area contributed by atoms with Crippen molar-refractivity contribution in [1.29, 1.82) is 0 Å². The Labute approximate surface area is 124 Å². The van der Waals surface area contributed by atoms with Crippen molar-refractivity contribution in [3.05, 3.63) is 28.2 Å². The first-order valence-corrected chi connectivity index (χ1v) is 7.51. The summed E-state index contributed by atoms with van der Waals surface area (Å²) in [5.41, 5.74) is 1.28. The lowest BCUT2D eigenvalue weighted by Crippen LogP contribution is -2.23. The van der Waals surface area contributed by atoms with Gasteiger partial charge < -0.3 is 14.8 Å². The minimum absolute atomic E-state index is 0.370. The minimum Gasteiger partial charge on any atom is -0.490 e. The Balaban J connectivity index is 2.79. The van der Waals surface area contributed by atoms with Gasteiger partial charge in [-0.3, -0.25) is 0 Å². The minimum atomic E-state index is 0.370. The molecule has 0 aliphatic rings. The topological polar surface area (TPSA) is 30.5 Å². The highest BCUT2D eigenvalue weighted by molar-refractivity contribution is 9.10. The molecule has 19 heavy (non-hydrogen) atoms. The van der Waals surface area contributed by atoms with Crippen molar-refractivity contribution >= 4 is 15.9 Å². The fourth-order valence-corrected chi connectivity index (χ4v) is 2.59. The van der Waals surface area contributed by atoms with Crippen LogP contribution in [-0.4, -0.2) is 27.4 Å². The van der Waals surface area contributed by atoms with Gasteiger partial charge in [0.25, 0.3) is 0 Å². The summed E-state index contributed by atoms with van der Waals surface area (Å²) in [5.74, 6) is 1.46. The molecule has 108 valence electrons. The van der Waals surface area contributed by atoms with Crippen molar-refractivity contribution in [2.24, 2.45) is 5.92 Å². The first kappa shape index (κ1) is 16.5. The van der Waals surface area contributed by atoms with Gasteiger partial charge >= 0.3 is 0 Å². The van der Waals surface area contributed by atoms with Crippen molar-refractivity contribution in [2.75, 3.05) is 27.4 Å². The van der Waals surface area contributed by atoms with Crippen molar-refractivity contribution < 1.29 is 9.47 Å². The number of rotatable bonds is 8. The molecule has 0 bridgehead atoms. The maximum absolute atomic E-state index is 5.64. The fourth-order valence-electron chi connectivity index (χ4n) is 2.08. The molecule has 1 aromatic carbocycles. The lowest BCUT2D eigenvalue weighted by molar-refractivity contribution is 0.146. The first-order chi connectivity index (χ1) is 9.13. The van der Waals surface area contributed by atoms with Gasteiger partial charge in [-0.1, -0.05) is 26.3 Å². The Bertz CT molecular complexity index is 384. The predicted molar refractivity (Wildman–Crippen MR) is 82.8 cm³/mol. The quantitative estimate of drug-likeness (QED) is 0.736. The molecule has 1 aromatic rings. The molecule has 2 atom stereocenters. The van der Waals surface area contributed by atoms with Gasteiger partial charge in [0.05, 0.1) is 11.1 Å². The Morgan fingerprint density at radius 1 is 1.32 bits per heavy atom. The van der Waals surface area contributed by atoms with E-state index in [2.05, 4.69) is 47.2 Å². The van der Waals surface area contributed by atoms with Crippen LogP contribution in [0, 0.1) is 5.92 Å². The van der Waals surface area contributed by atoms with E-state index in [-0.39, 0.29) is 0 Å². The van der Waals surface area contributed by atoms with Gasteiger partial charge in [-0.2, -0.15) is 0 Å². The standard InChI is InChI=1S/C15H24BrNO2/c1-5-11(2)15(17-3)12-6-7-14(13(16)10-12)19-9-8-18-4/h6-7,10-11,15,17H,5,8-9H2,1-4H3. The zero-order valence-electron chi connectivity index (χ0n) is 12.2. The maximum Gasteiger partial charge on any atom is 0.133 e. The Hall–Kier alpha value is -0.580. The lowest BCUT2D eigenvalue weighted by Gasteiger charge is -2.23. The summed E-state index contributed by atoms with van der Waals surface area (Å²) < 4.78 is 11.6. The van der Waals surface area contributed by atoms with Crippen LogP contribution in [0.3, 0.4) is 0 Å². The van der Waals surface area contributed by atoms with Crippen LogP contribution in [0.2, 0.25) is 0 Å². The number of ether oxygens (including phenoxy) is 2. The molecule has 0 fully saturated rings. The van der Waals surface area contributed by atoms with E-state index < -0.39 is 0 Å². The molecule has 0 aliphatic carbocycles. The summed E-state index contributed by atoms with van der Waals surface area (Å²) in [6.07, 6.45) is 1.15. The van der Waals surface area contributed by atoms with E-state index >= 15 is 0 Å². The summed E-state index contributed by atoms with van der Waals surface area (Å²) in [7, 11) is 3.68. The highest BCUT2D eigenvalue weighted by atomic mass is 79.9. The van der Waals surface area contributed by atoms with Crippen LogP contribution in [0.25, 0.3) is 0 Å². The third-order valence-corrected chi connectivity index (χ3v) is 4.00. The average molecular weight is 330 g/mol. The molecule has 0 radical (unpaired) electrons. The second-order valence-electron chi connectivity index (χ2n) is 4.68. The smallest absolute Gasteiger partial charge is 0.133 e. The lowest BCUT2D eigenvalue weighted by atomic mass is 9.92. The van der Waals surface area contributed by atoms with Crippen LogP contribution in [0.5, 0.6) is 5.75 Å². The van der Waals surface area contributed by atoms with Gasteiger partial charge in [0.1, 0.15) is 12.4 Å². The van der Waals surface area contributed by atoms with E-state index in [0.29, 0.717) is 25.2 Å². The molecule has 0 aliphatic heterocycles. The first-order valence-electron chi connectivity index (χ1n) is 6.72. The monoisotopic (exact) mass is 329 g/mol. The van der Waals surface area contributed by atoms with Crippen LogP contribution >= 0.6 is 15.9 Å². The molecule has 0 saturated heterocycles. The van der Waals surface area contributed by atoms with E-state index in [9.17, 15) is 0 Å². The summed E-state index contributed by atoms with van der Waals surface area (Å²) in [5, 5.41) is 3.39. The molecule has 1 rings (SSSR count). The highest BCUT2D eigenvalue weighted by Gasteiger charge is 2.17. The number of methoxy groups -OCH3 is 1. The summed E-state index contributed by atoms with van der Waals surface area (Å²) in [6.45, 7) is 5.64. The fraction of sp³-hybridized carbons (Fsp3) is 0.600. The van der Waals surface area contributed by atoms with Crippen molar-refractivity contribution in [1.82, 2.24) is 5.32 Å². The van der Waals surface area contributed by atoms with Crippen molar-refractivity contribution in [3.8, 4) is 5.75 Å². The van der Waals surface area contributed by atoms with E-state index in [1.165, 1.54) is 5.56 Å². The Morgan fingerprint density at radius 3 is 2.58 bits per heavy atom.